The van der Waals surface area contributed by atoms with Crippen molar-refractivity contribution in [1.29, 1.82) is 0 Å². The zero-order valence-corrected chi connectivity index (χ0v) is 16.8. The van der Waals surface area contributed by atoms with Crippen LogP contribution in [0.5, 0.6) is 5.75 Å². The maximum absolute atomic E-state index is 13.3. The van der Waals surface area contributed by atoms with Gasteiger partial charge in [-0.3, -0.25) is 4.79 Å². The highest BCUT2D eigenvalue weighted by Crippen LogP contribution is 2.40. The largest absolute Gasteiger partial charge is 0.493 e. The molecule has 1 N–H and O–H groups in total. The van der Waals surface area contributed by atoms with Crippen molar-refractivity contribution in [1.82, 2.24) is 5.32 Å². The molecule has 0 saturated heterocycles. The number of allylic oxidation sites excluding steroid dienone is 1. The minimum atomic E-state index is -0.290. The van der Waals surface area contributed by atoms with Gasteiger partial charge in [0.1, 0.15) is 17.1 Å². The summed E-state index contributed by atoms with van der Waals surface area (Å²) in [5, 5.41) is 3.63. The summed E-state index contributed by atoms with van der Waals surface area (Å²) < 4.78 is 25.1. The van der Waals surface area contributed by atoms with Crippen LogP contribution in [0, 0.1) is 12.7 Å². The van der Waals surface area contributed by atoms with Gasteiger partial charge >= 0.3 is 0 Å². The molecule has 0 bridgehead atoms. The second-order valence-electron chi connectivity index (χ2n) is 6.71. The van der Waals surface area contributed by atoms with E-state index in [0.717, 1.165) is 33.2 Å². The van der Waals surface area contributed by atoms with Crippen LogP contribution in [-0.2, 0) is 4.79 Å². The number of nitrogens with one attached hydrogen (secondary N) is 1. The molecule has 0 aliphatic carbocycles. The van der Waals surface area contributed by atoms with Crippen LogP contribution in [-0.4, -0.2) is 19.1 Å². The summed E-state index contributed by atoms with van der Waals surface area (Å²) in [6, 6.07) is 8.24. The van der Waals surface area contributed by atoms with Crippen molar-refractivity contribution in [3.63, 3.8) is 0 Å². The zero-order chi connectivity index (χ0) is 21.0. The molecule has 0 spiro atoms. The predicted octanol–water partition coefficient (Wildman–Crippen LogP) is 5.65. The number of hydrogen-bond donors (Lipinski definition) is 1. The molecule has 0 saturated carbocycles. The van der Waals surface area contributed by atoms with Crippen LogP contribution in [0.3, 0.4) is 0 Å². The molecule has 3 rings (SSSR count). The number of benzene rings is 2. The summed E-state index contributed by atoms with van der Waals surface area (Å²) in [5.41, 5.74) is 4.86. The predicted molar refractivity (Wildman–Crippen MR) is 114 cm³/mol. The highest BCUT2D eigenvalue weighted by atomic mass is 19.1. The summed E-state index contributed by atoms with van der Waals surface area (Å²) in [5.74, 6) is 0.195. The molecular weight excluding hydrogens is 369 g/mol. The van der Waals surface area contributed by atoms with Crippen molar-refractivity contribution in [2.45, 2.75) is 20.8 Å². The van der Waals surface area contributed by atoms with Gasteiger partial charge in [-0.1, -0.05) is 18.2 Å². The smallest absolute Gasteiger partial charge is 0.244 e. The lowest BCUT2D eigenvalue weighted by Gasteiger charge is -2.15. The number of halogens is 1. The van der Waals surface area contributed by atoms with E-state index in [1.54, 1.807) is 30.5 Å². The second-order valence-corrected chi connectivity index (χ2v) is 6.71. The molecule has 5 heteroatoms. The Morgan fingerprint density at radius 3 is 2.69 bits per heavy atom. The Bertz CT molecular complexity index is 1080. The Hall–Kier alpha value is -3.34. The summed E-state index contributed by atoms with van der Waals surface area (Å²) in [4.78, 5) is 12.1. The van der Waals surface area contributed by atoms with Gasteiger partial charge in [0.25, 0.3) is 0 Å². The number of fused-ring (bicyclic) bond motifs is 1. The van der Waals surface area contributed by atoms with Gasteiger partial charge in [0, 0.05) is 34.7 Å². The minimum absolute atomic E-state index is 0.200. The quantitative estimate of drug-likeness (QED) is 0.417. The number of rotatable bonds is 7. The molecule has 0 radical (unpaired) electrons. The van der Waals surface area contributed by atoms with E-state index in [9.17, 15) is 9.18 Å². The number of carbonyl (C=O) groups excluding carboxylic acids is 1. The van der Waals surface area contributed by atoms with E-state index in [-0.39, 0.29) is 11.7 Å². The third-order valence-electron chi connectivity index (χ3n) is 4.68. The number of furan rings is 1. The van der Waals surface area contributed by atoms with Crippen molar-refractivity contribution < 1.29 is 18.3 Å². The summed E-state index contributed by atoms with van der Waals surface area (Å²) in [6.07, 6.45) is 4.84. The number of amides is 1. The molecular formula is C24H24FNO3. The van der Waals surface area contributed by atoms with Gasteiger partial charge in [-0.2, -0.15) is 0 Å². The highest BCUT2D eigenvalue weighted by Gasteiger charge is 2.19. The number of aryl methyl sites for hydroxylation is 1. The van der Waals surface area contributed by atoms with Crippen LogP contribution in [0.1, 0.15) is 25.0 Å². The first-order chi connectivity index (χ1) is 14.0. The normalized spacial score (nSPS) is 11.5. The molecule has 3 aromatic rings. The number of carbonyl (C=O) groups is 1. The third-order valence-corrected chi connectivity index (χ3v) is 4.68. The monoisotopic (exact) mass is 393 g/mol. The van der Waals surface area contributed by atoms with Crippen LogP contribution in [0.25, 0.3) is 27.7 Å². The van der Waals surface area contributed by atoms with Crippen molar-refractivity contribution >= 4 is 22.4 Å². The van der Waals surface area contributed by atoms with E-state index in [1.807, 2.05) is 26.8 Å². The molecule has 29 heavy (non-hydrogen) atoms. The molecule has 150 valence electrons. The molecule has 0 unspecified atom stereocenters. The lowest BCUT2D eigenvalue weighted by atomic mass is 9.96. The van der Waals surface area contributed by atoms with E-state index in [4.69, 9.17) is 9.15 Å². The Balaban J connectivity index is 2.17. The summed E-state index contributed by atoms with van der Waals surface area (Å²) in [6.45, 7) is 10.2. The molecule has 0 fully saturated rings. The first-order valence-electron chi connectivity index (χ1n) is 9.47. The van der Waals surface area contributed by atoms with E-state index in [2.05, 4.69) is 11.9 Å². The highest BCUT2D eigenvalue weighted by molar-refractivity contribution is 6.01. The molecule has 1 aromatic heterocycles. The molecule has 2 aromatic carbocycles. The molecule has 0 atom stereocenters. The Morgan fingerprint density at radius 1 is 1.31 bits per heavy atom. The fourth-order valence-electron chi connectivity index (χ4n) is 3.29. The lowest BCUT2D eigenvalue weighted by Crippen LogP contribution is -2.20. The summed E-state index contributed by atoms with van der Waals surface area (Å²) in [7, 11) is 0. The average Bonchev–Trinajstić information content (AvgIpc) is 3.13. The van der Waals surface area contributed by atoms with Crippen molar-refractivity contribution in [3.8, 4) is 16.9 Å². The Labute approximate surface area is 169 Å². The van der Waals surface area contributed by atoms with Gasteiger partial charge in [0.05, 0.1) is 12.9 Å². The fourth-order valence-corrected chi connectivity index (χ4v) is 3.29. The molecule has 0 aliphatic heterocycles. The van der Waals surface area contributed by atoms with Crippen molar-refractivity contribution in [2.75, 3.05) is 13.2 Å². The standard InChI is InChI=1S/C24H24FNO3/c1-5-11-26-22(27)12-15(3)19-13-20-21(17-7-9-18(25)10-8-17)14-29-24(20)16(4)23(19)28-6-2/h5,7-10,12-14H,1,6,11H2,2-4H3,(H,26,27)/b15-12+. The van der Waals surface area contributed by atoms with E-state index >= 15 is 0 Å². The van der Waals surface area contributed by atoms with Crippen LogP contribution in [0.15, 0.2) is 59.7 Å². The molecule has 1 amide bonds. The Kier molecular flexibility index (Phi) is 6.17. The van der Waals surface area contributed by atoms with E-state index < -0.39 is 0 Å². The molecule has 0 aliphatic rings. The fraction of sp³-hybridized carbons (Fsp3) is 0.208. The zero-order valence-electron chi connectivity index (χ0n) is 16.8. The van der Waals surface area contributed by atoms with Gasteiger partial charge in [0.2, 0.25) is 5.91 Å². The SMILES string of the molecule is C=CCNC(=O)/C=C(\C)c1cc2c(-c3ccc(F)cc3)coc2c(C)c1OCC. The molecule has 4 nitrogen and oxygen atoms in total. The summed E-state index contributed by atoms with van der Waals surface area (Å²) >= 11 is 0. The van der Waals surface area contributed by atoms with Gasteiger partial charge in [-0.15, -0.1) is 6.58 Å². The maximum Gasteiger partial charge on any atom is 0.244 e. The number of ether oxygens (including phenoxy) is 1. The van der Waals surface area contributed by atoms with Gasteiger partial charge < -0.3 is 14.5 Å². The molecule has 1 heterocycles. The van der Waals surface area contributed by atoms with Crippen LogP contribution in [0.2, 0.25) is 0 Å². The second kappa shape index (κ2) is 8.78. The average molecular weight is 393 g/mol. The van der Waals surface area contributed by atoms with Crippen LogP contribution >= 0.6 is 0 Å². The topological polar surface area (TPSA) is 51.5 Å². The minimum Gasteiger partial charge on any atom is -0.493 e. The van der Waals surface area contributed by atoms with Crippen molar-refractivity contribution in [3.05, 3.63) is 72.3 Å². The first kappa shape index (κ1) is 20.4. The van der Waals surface area contributed by atoms with Gasteiger partial charge in [-0.05, 0) is 50.1 Å². The van der Waals surface area contributed by atoms with Gasteiger partial charge in [0.15, 0.2) is 0 Å². The lowest BCUT2D eigenvalue weighted by molar-refractivity contribution is -0.116. The van der Waals surface area contributed by atoms with Crippen LogP contribution in [0.4, 0.5) is 4.39 Å². The number of hydrogen-bond acceptors (Lipinski definition) is 3. The first-order valence-corrected chi connectivity index (χ1v) is 9.47. The third kappa shape index (κ3) is 4.24. The van der Waals surface area contributed by atoms with Crippen LogP contribution < -0.4 is 10.1 Å². The Morgan fingerprint density at radius 2 is 2.03 bits per heavy atom. The van der Waals surface area contributed by atoms with E-state index in [0.29, 0.717) is 24.5 Å². The van der Waals surface area contributed by atoms with E-state index in [1.165, 1.54) is 12.1 Å². The van der Waals surface area contributed by atoms with Gasteiger partial charge in [-0.25, -0.2) is 4.39 Å². The van der Waals surface area contributed by atoms with Crippen molar-refractivity contribution in [2.24, 2.45) is 0 Å². The maximum atomic E-state index is 13.3.